The van der Waals surface area contributed by atoms with E-state index >= 15 is 0 Å². The molecule has 1 rings (SSSR count). The van der Waals surface area contributed by atoms with Crippen LogP contribution < -0.4 is 5.32 Å². The first-order valence-corrected chi connectivity index (χ1v) is 7.37. The number of nitrogens with one attached hydrogen (secondary N) is 1. The molecule has 0 spiro atoms. The van der Waals surface area contributed by atoms with Gasteiger partial charge in [-0.25, -0.2) is 0 Å². The second-order valence-electron chi connectivity index (χ2n) is 6.09. The van der Waals surface area contributed by atoms with E-state index in [-0.39, 0.29) is 22.1 Å². The van der Waals surface area contributed by atoms with Crippen molar-refractivity contribution in [3.63, 3.8) is 0 Å². The molecule has 1 atom stereocenters. The molecule has 0 aliphatic carbocycles. The van der Waals surface area contributed by atoms with Gasteiger partial charge in [-0.3, -0.25) is 10.1 Å². The highest BCUT2D eigenvalue weighted by atomic mass is 16.6. The molecule has 112 valence electrons. The summed E-state index contributed by atoms with van der Waals surface area (Å²) in [6, 6.07) is 7.15. The number of nitro benzene ring substituents is 1. The van der Waals surface area contributed by atoms with Gasteiger partial charge in [0.25, 0.3) is 5.69 Å². The molecule has 4 heteroatoms. The molecular formula is C16H26N2O2. The summed E-state index contributed by atoms with van der Waals surface area (Å²) in [7, 11) is 0. The van der Waals surface area contributed by atoms with Crippen molar-refractivity contribution in [2.24, 2.45) is 5.41 Å². The van der Waals surface area contributed by atoms with Crippen LogP contribution in [0.3, 0.4) is 0 Å². The molecule has 4 nitrogen and oxygen atoms in total. The van der Waals surface area contributed by atoms with Gasteiger partial charge >= 0.3 is 0 Å². The minimum atomic E-state index is -0.331. The van der Waals surface area contributed by atoms with Crippen LogP contribution in [0, 0.1) is 15.5 Å². The molecule has 0 radical (unpaired) electrons. The summed E-state index contributed by atoms with van der Waals surface area (Å²) in [4.78, 5) is 10.6. The van der Waals surface area contributed by atoms with Crippen LogP contribution in [0.4, 0.5) is 5.69 Å². The predicted molar refractivity (Wildman–Crippen MR) is 82.8 cm³/mol. The van der Waals surface area contributed by atoms with Gasteiger partial charge in [0.15, 0.2) is 0 Å². The van der Waals surface area contributed by atoms with E-state index in [0.717, 1.165) is 31.4 Å². The van der Waals surface area contributed by atoms with Crippen molar-refractivity contribution in [3.8, 4) is 0 Å². The maximum atomic E-state index is 10.9. The quantitative estimate of drug-likeness (QED) is 0.564. The molecule has 1 unspecified atom stereocenters. The van der Waals surface area contributed by atoms with Crippen LogP contribution in [0.5, 0.6) is 0 Å². The second kappa shape index (κ2) is 7.39. The molecule has 1 N–H and O–H groups in total. The van der Waals surface area contributed by atoms with E-state index in [1.165, 1.54) is 0 Å². The normalized spacial score (nSPS) is 13.2. The fourth-order valence-electron chi connectivity index (χ4n) is 2.05. The van der Waals surface area contributed by atoms with Crippen molar-refractivity contribution in [3.05, 3.63) is 39.9 Å². The molecule has 1 aromatic rings. The van der Waals surface area contributed by atoms with Crippen LogP contribution in [-0.4, -0.2) is 11.5 Å². The van der Waals surface area contributed by atoms with Crippen molar-refractivity contribution in [2.45, 2.75) is 53.0 Å². The minimum absolute atomic E-state index is 0.167. The van der Waals surface area contributed by atoms with Gasteiger partial charge in [0.05, 0.1) is 4.92 Å². The van der Waals surface area contributed by atoms with E-state index in [2.05, 4.69) is 33.0 Å². The van der Waals surface area contributed by atoms with Gasteiger partial charge in [-0.2, -0.15) is 0 Å². The van der Waals surface area contributed by atoms with Crippen molar-refractivity contribution < 1.29 is 4.92 Å². The number of benzene rings is 1. The summed E-state index contributed by atoms with van der Waals surface area (Å²) in [5.74, 6) is 0. The number of rotatable bonds is 8. The Kier molecular flexibility index (Phi) is 6.14. The van der Waals surface area contributed by atoms with E-state index < -0.39 is 0 Å². The lowest BCUT2D eigenvalue weighted by Crippen LogP contribution is -2.32. The first-order valence-electron chi connectivity index (χ1n) is 7.37. The molecule has 0 saturated carbocycles. The molecule has 0 fully saturated rings. The highest BCUT2D eigenvalue weighted by Crippen LogP contribution is 2.25. The third-order valence-corrected chi connectivity index (χ3v) is 3.84. The topological polar surface area (TPSA) is 55.2 Å². The molecular weight excluding hydrogens is 252 g/mol. The Morgan fingerprint density at radius 2 is 2.05 bits per heavy atom. The summed E-state index contributed by atoms with van der Waals surface area (Å²) in [6.45, 7) is 9.70. The van der Waals surface area contributed by atoms with E-state index in [4.69, 9.17) is 0 Å². The zero-order chi connectivity index (χ0) is 15.2. The van der Waals surface area contributed by atoms with Crippen LogP contribution >= 0.6 is 0 Å². The van der Waals surface area contributed by atoms with Crippen LogP contribution in [0.25, 0.3) is 0 Å². The van der Waals surface area contributed by atoms with E-state index in [9.17, 15) is 10.1 Å². The van der Waals surface area contributed by atoms with E-state index in [0.29, 0.717) is 0 Å². The summed E-state index contributed by atoms with van der Waals surface area (Å²) < 4.78 is 0. The summed E-state index contributed by atoms with van der Waals surface area (Å²) >= 11 is 0. The molecule has 0 saturated heterocycles. The van der Waals surface area contributed by atoms with Gasteiger partial charge in [-0.15, -0.1) is 0 Å². The van der Waals surface area contributed by atoms with Crippen molar-refractivity contribution in [1.82, 2.24) is 5.32 Å². The minimum Gasteiger partial charge on any atom is -0.309 e. The molecule has 0 bridgehead atoms. The molecule has 0 aromatic heterocycles. The zero-order valence-corrected chi connectivity index (χ0v) is 13.0. The largest absolute Gasteiger partial charge is 0.309 e. The highest BCUT2D eigenvalue weighted by Gasteiger charge is 2.19. The number of hydrogen-bond donors (Lipinski definition) is 1. The highest BCUT2D eigenvalue weighted by molar-refractivity contribution is 5.35. The molecule has 0 aliphatic rings. The first-order chi connectivity index (χ1) is 9.39. The number of non-ortho nitro benzene ring substituents is 1. The Morgan fingerprint density at radius 3 is 2.60 bits per heavy atom. The maximum absolute atomic E-state index is 10.9. The van der Waals surface area contributed by atoms with Crippen LogP contribution in [-0.2, 0) is 0 Å². The maximum Gasteiger partial charge on any atom is 0.269 e. The average molecular weight is 278 g/mol. The SMILES string of the molecule is CCCC(NCC(C)(C)CC)c1cccc([N+](=O)[O-])c1. The molecule has 0 aliphatic heterocycles. The van der Waals surface area contributed by atoms with Crippen molar-refractivity contribution in [1.29, 1.82) is 0 Å². The van der Waals surface area contributed by atoms with Gasteiger partial charge in [0.1, 0.15) is 0 Å². The van der Waals surface area contributed by atoms with Gasteiger partial charge < -0.3 is 5.32 Å². The Balaban J connectivity index is 2.85. The Bertz CT molecular complexity index is 444. The lowest BCUT2D eigenvalue weighted by molar-refractivity contribution is -0.384. The van der Waals surface area contributed by atoms with Gasteiger partial charge in [0.2, 0.25) is 0 Å². The second-order valence-corrected chi connectivity index (χ2v) is 6.09. The number of nitro groups is 1. The van der Waals surface area contributed by atoms with Crippen molar-refractivity contribution in [2.75, 3.05) is 6.54 Å². The van der Waals surface area contributed by atoms with Gasteiger partial charge in [-0.05, 0) is 23.8 Å². The fraction of sp³-hybridized carbons (Fsp3) is 0.625. The summed E-state index contributed by atoms with van der Waals surface area (Å²) in [6.07, 6.45) is 3.14. The Morgan fingerprint density at radius 1 is 1.35 bits per heavy atom. The smallest absolute Gasteiger partial charge is 0.269 e. The lowest BCUT2D eigenvalue weighted by atomic mass is 9.89. The lowest BCUT2D eigenvalue weighted by Gasteiger charge is -2.27. The first kappa shape index (κ1) is 16.6. The average Bonchev–Trinajstić information content (AvgIpc) is 2.43. The van der Waals surface area contributed by atoms with E-state index in [1.54, 1.807) is 18.2 Å². The molecule has 1 aromatic carbocycles. The third kappa shape index (κ3) is 4.93. The Hall–Kier alpha value is -1.42. The molecule has 0 heterocycles. The predicted octanol–water partition coefficient (Wildman–Crippen LogP) is 4.46. The summed E-state index contributed by atoms with van der Waals surface area (Å²) in [5.41, 5.74) is 1.42. The van der Waals surface area contributed by atoms with Crippen molar-refractivity contribution >= 4 is 5.69 Å². The zero-order valence-electron chi connectivity index (χ0n) is 13.0. The van der Waals surface area contributed by atoms with Crippen LogP contribution in [0.15, 0.2) is 24.3 Å². The van der Waals surface area contributed by atoms with E-state index in [1.807, 2.05) is 6.07 Å². The monoisotopic (exact) mass is 278 g/mol. The van der Waals surface area contributed by atoms with Crippen LogP contribution in [0.2, 0.25) is 0 Å². The molecule has 20 heavy (non-hydrogen) atoms. The van der Waals surface area contributed by atoms with Gasteiger partial charge in [-0.1, -0.05) is 46.2 Å². The third-order valence-electron chi connectivity index (χ3n) is 3.84. The standard InChI is InChI=1S/C16H26N2O2/c1-5-8-15(17-12-16(3,4)6-2)13-9-7-10-14(11-13)18(19)20/h7,9-11,15,17H,5-6,8,12H2,1-4H3. The number of nitrogens with zero attached hydrogens (tertiary/aromatic N) is 1. The fourth-order valence-corrected chi connectivity index (χ4v) is 2.05. The molecule has 0 amide bonds. The Labute approximate surface area is 121 Å². The number of hydrogen-bond acceptors (Lipinski definition) is 3. The van der Waals surface area contributed by atoms with Crippen LogP contribution in [0.1, 0.15) is 58.6 Å². The summed E-state index contributed by atoms with van der Waals surface area (Å²) in [5, 5.41) is 14.5. The van der Waals surface area contributed by atoms with Gasteiger partial charge in [0, 0.05) is 24.7 Å².